The van der Waals surface area contributed by atoms with Gasteiger partial charge < -0.3 is 4.74 Å². The molecule has 0 saturated carbocycles. The van der Waals surface area contributed by atoms with Crippen LogP contribution in [0.4, 0.5) is 0 Å². The van der Waals surface area contributed by atoms with Gasteiger partial charge in [-0.3, -0.25) is 4.79 Å². The summed E-state index contributed by atoms with van der Waals surface area (Å²) in [6.07, 6.45) is 4.11. The standard InChI is InChI=1S/C14H18O2/c1-3-5-6-10-13(15)12-9-7-8-11-14(12)16-4-2/h3,7-9,11H,1,4-6,10H2,2H3. The summed E-state index contributed by atoms with van der Waals surface area (Å²) in [5.41, 5.74) is 0.688. The van der Waals surface area contributed by atoms with Gasteiger partial charge in [0, 0.05) is 6.42 Å². The molecule has 0 aliphatic rings. The van der Waals surface area contributed by atoms with Gasteiger partial charge in [-0.2, -0.15) is 0 Å². The fourth-order valence-electron chi connectivity index (χ4n) is 1.52. The van der Waals surface area contributed by atoms with Gasteiger partial charge in [0.1, 0.15) is 5.75 Å². The first-order chi connectivity index (χ1) is 7.79. The van der Waals surface area contributed by atoms with Gasteiger partial charge in [-0.05, 0) is 31.9 Å². The van der Waals surface area contributed by atoms with Gasteiger partial charge in [0.15, 0.2) is 5.78 Å². The number of carbonyl (C=O) groups is 1. The zero-order valence-corrected chi connectivity index (χ0v) is 9.74. The summed E-state index contributed by atoms with van der Waals surface area (Å²) in [5, 5.41) is 0. The van der Waals surface area contributed by atoms with Gasteiger partial charge in [0.2, 0.25) is 0 Å². The van der Waals surface area contributed by atoms with Gasteiger partial charge in [0.05, 0.1) is 12.2 Å². The molecule has 1 aromatic carbocycles. The highest BCUT2D eigenvalue weighted by molar-refractivity contribution is 5.98. The third kappa shape index (κ3) is 3.54. The monoisotopic (exact) mass is 218 g/mol. The van der Waals surface area contributed by atoms with Crippen molar-refractivity contribution < 1.29 is 9.53 Å². The molecule has 0 aliphatic carbocycles. The summed E-state index contributed by atoms with van der Waals surface area (Å²) >= 11 is 0. The van der Waals surface area contributed by atoms with Crippen molar-refractivity contribution in [3.05, 3.63) is 42.5 Å². The van der Waals surface area contributed by atoms with E-state index in [0.717, 1.165) is 12.8 Å². The lowest BCUT2D eigenvalue weighted by Gasteiger charge is -2.08. The van der Waals surface area contributed by atoms with Crippen molar-refractivity contribution in [3.8, 4) is 5.75 Å². The highest BCUT2D eigenvalue weighted by Crippen LogP contribution is 2.20. The van der Waals surface area contributed by atoms with Crippen LogP contribution in [0.1, 0.15) is 36.5 Å². The Labute approximate surface area is 96.9 Å². The van der Waals surface area contributed by atoms with E-state index >= 15 is 0 Å². The number of hydrogen-bond acceptors (Lipinski definition) is 2. The molecule has 0 N–H and O–H groups in total. The molecule has 0 radical (unpaired) electrons. The van der Waals surface area contributed by atoms with E-state index in [0.29, 0.717) is 24.3 Å². The van der Waals surface area contributed by atoms with Crippen molar-refractivity contribution >= 4 is 5.78 Å². The molecule has 0 unspecified atom stereocenters. The van der Waals surface area contributed by atoms with E-state index in [4.69, 9.17) is 4.74 Å². The number of allylic oxidation sites excluding steroid dienone is 1. The SMILES string of the molecule is C=CCCCC(=O)c1ccccc1OCC. The lowest BCUT2D eigenvalue weighted by Crippen LogP contribution is -2.03. The second-order valence-corrected chi connectivity index (χ2v) is 3.53. The van der Waals surface area contributed by atoms with E-state index in [-0.39, 0.29) is 5.78 Å². The molecular weight excluding hydrogens is 200 g/mol. The highest BCUT2D eigenvalue weighted by Gasteiger charge is 2.10. The quantitative estimate of drug-likeness (QED) is 0.397. The first kappa shape index (κ1) is 12.5. The van der Waals surface area contributed by atoms with E-state index < -0.39 is 0 Å². The Kier molecular flexibility index (Phi) is 5.34. The molecule has 0 bridgehead atoms. The van der Waals surface area contributed by atoms with Crippen LogP contribution in [0.15, 0.2) is 36.9 Å². The van der Waals surface area contributed by atoms with Crippen LogP contribution >= 0.6 is 0 Å². The van der Waals surface area contributed by atoms with Gasteiger partial charge >= 0.3 is 0 Å². The maximum absolute atomic E-state index is 11.9. The number of ketones is 1. The Bertz CT molecular complexity index is 356. The molecule has 0 atom stereocenters. The van der Waals surface area contributed by atoms with Crippen molar-refractivity contribution in [1.29, 1.82) is 0 Å². The largest absolute Gasteiger partial charge is 0.493 e. The molecule has 0 saturated heterocycles. The lowest BCUT2D eigenvalue weighted by molar-refractivity contribution is 0.0976. The minimum atomic E-state index is 0.144. The summed E-state index contributed by atoms with van der Waals surface area (Å²) < 4.78 is 5.42. The maximum Gasteiger partial charge on any atom is 0.166 e. The van der Waals surface area contributed by atoms with Crippen LogP contribution in [0, 0.1) is 0 Å². The topological polar surface area (TPSA) is 26.3 Å². The van der Waals surface area contributed by atoms with E-state index in [1.54, 1.807) is 0 Å². The number of benzene rings is 1. The molecule has 0 aliphatic heterocycles. The van der Waals surface area contributed by atoms with E-state index in [1.165, 1.54) is 0 Å². The normalized spacial score (nSPS) is 9.81. The second-order valence-electron chi connectivity index (χ2n) is 3.53. The number of unbranched alkanes of at least 4 members (excludes halogenated alkanes) is 1. The average molecular weight is 218 g/mol. The molecule has 86 valence electrons. The van der Waals surface area contributed by atoms with Crippen molar-refractivity contribution in [2.45, 2.75) is 26.2 Å². The number of carbonyl (C=O) groups excluding carboxylic acids is 1. The Morgan fingerprint density at radius 1 is 1.44 bits per heavy atom. The fraction of sp³-hybridized carbons (Fsp3) is 0.357. The van der Waals surface area contributed by atoms with E-state index in [2.05, 4.69) is 6.58 Å². The number of Topliss-reactive ketones (excluding diaryl/α,β-unsaturated/α-hetero) is 1. The minimum absolute atomic E-state index is 0.144. The van der Waals surface area contributed by atoms with Gasteiger partial charge in [-0.15, -0.1) is 6.58 Å². The third-order valence-corrected chi connectivity index (χ3v) is 2.30. The summed E-state index contributed by atoms with van der Waals surface area (Å²) in [5.74, 6) is 0.833. The molecule has 0 amide bonds. The summed E-state index contributed by atoms with van der Waals surface area (Å²) in [7, 11) is 0. The Hall–Kier alpha value is -1.57. The summed E-state index contributed by atoms with van der Waals surface area (Å²) in [6, 6.07) is 7.40. The molecule has 2 nitrogen and oxygen atoms in total. The predicted octanol–water partition coefficient (Wildman–Crippen LogP) is 3.62. The zero-order chi connectivity index (χ0) is 11.8. The first-order valence-electron chi connectivity index (χ1n) is 5.65. The number of para-hydroxylation sites is 1. The van der Waals surface area contributed by atoms with Gasteiger partial charge in [0.25, 0.3) is 0 Å². The van der Waals surface area contributed by atoms with Crippen LogP contribution in [0.5, 0.6) is 5.75 Å². The van der Waals surface area contributed by atoms with Gasteiger partial charge in [-0.1, -0.05) is 18.2 Å². The van der Waals surface area contributed by atoms with Crippen LogP contribution in [-0.4, -0.2) is 12.4 Å². The molecule has 1 rings (SSSR count). The second kappa shape index (κ2) is 6.83. The predicted molar refractivity (Wildman–Crippen MR) is 66.0 cm³/mol. The van der Waals surface area contributed by atoms with Gasteiger partial charge in [-0.25, -0.2) is 0 Å². The molecule has 0 fully saturated rings. The Balaban J connectivity index is 2.69. The third-order valence-electron chi connectivity index (χ3n) is 2.30. The minimum Gasteiger partial charge on any atom is -0.493 e. The molecule has 0 spiro atoms. The van der Waals surface area contributed by atoms with Crippen molar-refractivity contribution in [3.63, 3.8) is 0 Å². The van der Waals surface area contributed by atoms with Crippen molar-refractivity contribution in [2.75, 3.05) is 6.61 Å². The van der Waals surface area contributed by atoms with Crippen LogP contribution in [0.2, 0.25) is 0 Å². The van der Waals surface area contributed by atoms with Crippen molar-refractivity contribution in [1.82, 2.24) is 0 Å². The fourth-order valence-corrected chi connectivity index (χ4v) is 1.52. The molecule has 2 heteroatoms. The Morgan fingerprint density at radius 2 is 2.19 bits per heavy atom. The highest BCUT2D eigenvalue weighted by atomic mass is 16.5. The number of ether oxygens (including phenoxy) is 1. The van der Waals surface area contributed by atoms with Crippen molar-refractivity contribution in [2.24, 2.45) is 0 Å². The maximum atomic E-state index is 11.9. The van der Waals surface area contributed by atoms with E-state index in [1.807, 2.05) is 37.3 Å². The summed E-state index contributed by atoms with van der Waals surface area (Å²) in [4.78, 5) is 11.9. The molecule has 16 heavy (non-hydrogen) atoms. The smallest absolute Gasteiger partial charge is 0.166 e. The van der Waals surface area contributed by atoms with Crippen LogP contribution in [0.3, 0.4) is 0 Å². The lowest BCUT2D eigenvalue weighted by atomic mass is 10.0. The molecule has 0 heterocycles. The van der Waals surface area contributed by atoms with E-state index in [9.17, 15) is 4.79 Å². The first-order valence-corrected chi connectivity index (χ1v) is 5.65. The van der Waals surface area contributed by atoms with Crippen LogP contribution in [-0.2, 0) is 0 Å². The summed E-state index contributed by atoms with van der Waals surface area (Å²) in [6.45, 7) is 6.14. The average Bonchev–Trinajstić information content (AvgIpc) is 2.30. The molecular formula is C14H18O2. The molecule has 1 aromatic rings. The molecule has 0 aromatic heterocycles. The Morgan fingerprint density at radius 3 is 2.88 bits per heavy atom. The van der Waals surface area contributed by atoms with Crippen LogP contribution in [0.25, 0.3) is 0 Å². The zero-order valence-electron chi connectivity index (χ0n) is 9.74. The number of hydrogen-bond donors (Lipinski definition) is 0. The van der Waals surface area contributed by atoms with Crippen LogP contribution < -0.4 is 4.74 Å². The number of rotatable bonds is 7.